The van der Waals surface area contributed by atoms with Crippen LogP contribution in [0.4, 0.5) is 0 Å². The highest BCUT2D eigenvalue weighted by Crippen LogP contribution is 2.31. The molecule has 5 heteroatoms. The second-order valence-corrected chi connectivity index (χ2v) is 9.16. The lowest BCUT2D eigenvalue weighted by atomic mass is 9.89. The van der Waals surface area contributed by atoms with Crippen molar-refractivity contribution in [3.8, 4) is 5.75 Å². The van der Waals surface area contributed by atoms with Crippen LogP contribution in [-0.4, -0.2) is 40.2 Å². The molecule has 1 unspecified atom stereocenters. The van der Waals surface area contributed by atoms with Crippen molar-refractivity contribution in [3.63, 3.8) is 0 Å². The lowest BCUT2D eigenvalue weighted by molar-refractivity contribution is -0.143. The Bertz CT molecular complexity index is 868. The monoisotopic (exact) mass is 410 g/mol. The van der Waals surface area contributed by atoms with Gasteiger partial charge in [0.2, 0.25) is 0 Å². The van der Waals surface area contributed by atoms with E-state index in [0.29, 0.717) is 6.10 Å². The minimum atomic E-state index is -0.660. The van der Waals surface area contributed by atoms with E-state index in [-0.39, 0.29) is 12.0 Å². The van der Waals surface area contributed by atoms with Gasteiger partial charge in [0.1, 0.15) is 5.75 Å². The molecule has 0 spiro atoms. The summed E-state index contributed by atoms with van der Waals surface area (Å²) < 4.78 is 6.25. The SMILES string of the molecule is CCC(c1ccc2cc(OC3CCC(C)CC3)ccc2n1)N1CCC(C(=O)O)CC1. The van der Waals surface area contributed by atoms with Gasteiger partial charge in [0.05, 0.1) is 29.3 Å². The minimum Gasteiger partial charge on any atom is -0.490 e. The van der Waals surface area contributed by atoms with Crippen molar-refractivity contribution >= 4 is 16.9 Å². The quantitative estimate of drug-likeness (QED) is 0.687. The number of aliphatic carboxylic acids is 1. The molecule has 1 aromatic carbocycles. The molecule has 162 valence electrons. The first-order chi connectivity index (χ1) is 14.5. The molecule has 1 atom stereocenters. The number of carboxylic acid groups (broad SMARTS) is 1. The number of nitrogens with zero attached hydrogens (tertiary/aromatic N) is 2. The van der Waals surface area contributed by atoms with Crippen molar-refractivity contribution in [2.45, 2.75) is 70.9 Å². The smallest absolute Gasteiger partial charge is 0.306 e. The van der Waals surface area contributed by atoms with Crippen molar-refractivity contribution in [1.29, 1.82) is 0 Å². The molecular weight excluding hydrogens is 376 g/mol. The van der Waals surface area contributed by atoms with Gasteiger partial charge in [-0.3, -0.25) is 14.7 Å². The fraction of sp³-hybridized carbons (Fsp3) is 0.600. The van der Waals surface area contributed by atoms with Gasteiger partial charge in [0, 0.05) is 5.39 Å². The van der Waals surface area contributed by atoms with E-state index < -0.39 is 5.97 Å². The number of hydrogen-bond donors (Lipinski definition) is 1. The molecule has 0 amide bonds. The summed E-state index contributed by atoms with van der Waals surface area (Å²) in [6.45, 7) is 6.15. The number of likely N-dealkylation sites (tertiary alicyclic amines) is 1. The van der Waals surface area contributed by atoms with Gasteiger partial charge < -0.3 is 9.84 Å². The van der Waals surface area contributed by atoms with Gasteiger partial charge in [-0.05, 0) is 88.2 Å². The van der Waals surface area contributed by atoms with Crippen LogP contribution >= 0.6 is 0 Å². The van der Waals surface area contributed by atoms with E-state index in [0.717, 1.165) is 73.5 Å². The maximum Gasteiger partial charge on any atom is 0.306 e. The molecule has 2 aliphatic rings. The largest absolute Gasteiger partial charge is 0.490 e. The molecule has 0 bridgehead atoms. The predicted octanol–water partition coefficient (Wildman–Crippen LogP) is 5.44. The first kappa shape index (κ1) is 21.1. The zero-order valence-electron chi connectivity index (χ0n) is 18.2. The number of piperidine rings is 1. The number of hydrogen-bond acceptors (Lipinski definition) is 4. The first-order valence-electron chi connectivity index (χ1n) is 11.6. The van der Waals surface area contributed by atoms with Crippen LogP contribution in [0.5, 0.6) is 5.75 Å². The summed E-state index contributed by atoms with van der Waals surface area (Å²) in [6.07, 6.45) is 7.55. The molecule has 1 aromatic heterocycles. The fourth-order valence-electron chi connectivity index (χ4n) is 5.03. The Kier molecular flexibility index (Phi) is 6.57. The molecule has 1 N–H and O–H groups in total. The standard InChI is InChI=1S/C25H34N2O3/c1-3-24(27-14-12-18(13-15-27)25(28)29)23-10-6-19-16-21(9-11-22(19)26-23)30-20-7-4-17(2)5-8-20/h6,9-11,16-18,20,24H,3-5,7-8,12-15H2,1-2H3,(H,28,29). The number of ether oxygens (including phenoxy) is 1. The predicted molar refractivity (Wildman–Crippen MR) is 119 cm³/mol. The average molecular weight is 411 g/mol. The molecule has 1 aliphatic heterocycles. The van der Waals surface area contributed by atoms with Crippen LogP contribution in [-0.2, 0) is 4.79 Å². The summed E-state index contributed by atoms with van der Waals surface area (Å²) >= 11 is 0. The third-order valence-electron chi connectivity index (χ3n) is 7.00. The maximum absolute atomic E-state index is 11.2. The highest BCUT2D eigenvalue weighted by Gasteiger charge is 2.29. The van der Waals surface area contributed by atoms with Gasteiger partial charge in [-0.15, -0.1) is 0 Å². The second kappa shape index (κ2) is 9.34. The molecule has 1 saturated carbocycles. The molecule has 2 aromatic rings. The van der Waals surface area contributed by atoms with Gasteiger partial charge in [-0.1, -0.05) is 19.9 Å². The molecule has 5 nitrogen and oxygen atoms in total. The van der Waals surface area contributed by atoms with Crippen LogP contribution in [0.25, 0.3) is 10.9 Å². The van der Waals surface area contributed by atoms with E-state index in [9.17, 15) is 9.90 Å². The highest BCUT2D eigenvalue weighted by molar-refractivity contribution is 5.80. The summed E-state index contributed by atoms with van der Waals surface area (Å²) in [7, 11) is 0. The lowest BCUT2D eigenvalue weighted by Gasteiger charge is -2.35. The van der Waals surface area contributed by atoms with E-state index >= 15 is 0 Å². The summed E-state index contributed by atoms with van der Waals surface area (Å²) in [5.74, 6) is 0.909. The van der Waals surface area contributed by atoms with E-state index in [2.05, 4.69) is 49.1 Å². The Labute approximate surface area is 179 Å². The van der Waals surface area contributed by atoms with Crippen molar-refractivity contribution < 1.29 is 14.6 Å². The van der Waals surface area contributed by atoms with Crippen molar-refractivity contribution in [3.05, 3.63) is 36.0 Å². The Morgan fingerprint density at radius 2 is 1.87 bits per heavy atom. The number of fused-ring (bicyclic) bond motifs is 1. The average Bonchev–Trinajstić information content (AvgIpc) is 2.76. The maximum atomic E-state index is 11.2. The van der Waals surface area contributed by atoms with E-state index in [1.165, 1.54) is 12.8 Å². The minimum absolute atomic E-state index is 0.200. The molecule has 0 radical (unpaired) electrons. The Balaban J connectivity index is 1.45. The Morgan fingerprint density at radius 3 is 2.53 bits per heavy atom. The summed E-state index contributed by atoms with van der Waals surface area (Å²) in [5.41, 5.74) is 2.07. The van der Waals surface area contributed by atoms with Gasteiger partial charge in [-0.25, -0.2) is 0 Å². The molecule has 2 heterocycles. The zero-order chi connectivity index (χ0) is 21.1. The molecule has 30 heavy (non-hydrogen) atoms. The number of aromatic nitrogens is 1. The number of carboxylic acids is 1. The molecular formula is C25H34N2O3. The molecule has 2 fully saturated rings. The summed E-state index contributed by atoms with van der Waals surface area (Å²) in [6, 6.07) is 10.8. The van der Waals surface area contributed by atoms with Crippen LogP contribution in [0.1, 0.15) is 70.5 Å². The van der Waals surface area contributed by atoms with Crippen LogP contribution in [0, 0.1) is 11.8 Å². The van der Waals surface area contributed by atoms with Crippen molar-refractivity contribution in [2.24, 2.45) is 11.8 Å². The zero-order valence-corrected chi connectivity index (χ0v) is 18.2. The number of carbonyl (C=O) groups is 1. The van der Waals surface area contributed by atoms with Crippen LogP contribution in [0.2, 0.25) is 0 Å². The molecule has 1 aliphatic carbocycles. The normalized spacial score (nSPS) is 24.6. The van der Waals surface area contributed by atoms with Gasteiger partial charge in [0.15, 0.2) is 0 Å². The highest BCUT2D eigenvalue weighted by atomic mass is 16.5. The number of rotatable bonds is 6. The van der Waals surface area contributed by atoms with E-state index in [1.54, 1.807) is 0 Å². The van der Waals surface area contributed by atoms with Crippen LogP contribution in [0.15, 0.2) is 30.3 Å². The topological polar surface area (TPSA) is 62.7 Å². The summed E-state index contributed by atoms with van der Waals surface area (Å²) in [4.78, 5) is 18.6. The fourth-order valence-corrected chi connectivity index (χ4v) is 5.03. The van der Waals surface area contributed by atoms with Gasteiger partial charge in [0.25, 0.3) is 0 Å². The second-order valence-electron chi connectivity index (χ2n) is 9.16. The third-order valence-corrected chi connectivity index (χ3v) is 7.00. The Hall–Kier alpha value is -2.14. The van der Waals surface area contributed by atoms with Crippen molar-refractivity contribution in [2.75, 3.05) is 13.1 Å². The van der Waals surface area contributed by atoms with Crippen LogP contribution in [0.3, 0.4) is 0 Å². The van der Waals surface area contributed by atoms with Gasteiger partial charge >= 0.3 is 5.97 Å². The summed E-state index contributed by atoms with van der Waals surface area (Å²) in [5, 5.41) is 10.4. The van der Waals surface area contributed by atoms with Crippen LogP contribution < -0.4 is 4.74 Å². The lowest BCUT2D eigenvalue weighted by Crippen LogP contribution is -2.38. The van der Waals surface area contributed by atoms with Crippen molar-refractivity contribution in [1.82, 2.24) is 9.88 Å². The number of benzene rings is 1. The van der Waals surface area contributed by atoms with E-state index in [4.69, 9.17) is 9.72 Å². The Morgan fingerprint density at radius 1 is 1.13 bits per heavy atom. The first-order valence-corrected chi connectivity index (χ1v) is 11.6. The molecule has 4 rings (SSSR count). The number of pyridine rings is 1. The van der Waals surface area contributed by atoms with E-state index in [1.807, 2.05) is 0 Å². The van der Waals surface area contributed by atoms with Gasteiger partial charge in [-0.2, -0.15) is 0 Å². The molecule has 1 saturated heterocycles. The third kappa shape index (κ3) is 4.77.